The number of hydrogen-bond donors (Lipinski definition) is 0. The molecule has 1 aliphatic heterocycles. The van der Waals surface area contributed by atoms with Crippen LogP contribution in [0.2, 0.25) is 0 Å². The Morgan fingerprint density at radius 1 is 1.46 bits per heavy atom. The first-order chi connectivity index (χ1) is 6.27. The van der Waals surface area contributed by atoms with Gasteiger partial charge in [0.05, 0.1) is 13.2 Å². The SMILES string of the molecule is O=C(C1CCC1)N1CCOC(I)C1. The maximum atomic E-state index is 11.8. The van der Waals surface area contributed by atoms with Crippen LogP contribution < -0.4 is 0 Å². The van der Waals surface area contributed by atoms with Crippen molar-refractivity contribution in [1.29, 1.82) is 0 Å². The van der Waals surface area contributed by atoms with Gasteiger partial charge in [0.25, 0.3) is 0 Å². The molecule has 0 spiro atoms. The first-order valence-electron chi connectivity index (χ1n) is 4.82. The van der Waals surface area contributed by atoms with Crippen LogP contribution in [0.15, 0.2) is 0 Å². The molecular weight excluding hydrogens is 281 g/mol. The number of ether oxygens (including phenoxy) is 1. The summed E-state index contributed by atoms with van der Waals surface area (Å²) in [6, 6.07) is 0. The van der Waals surface area contributed by atoms with Gasteiger partial charge in [-0.15, -0.1) is 0 Å². The lowest BCUT2D eigenvalue weighted by Crippen LogP contribution is -2.47. The van der Waals surface area contributed by atoms with E-state index in [1.807, 2.05) is 4.90 Å². The lowest BCUT2D eigenvalue weighted by molar-refractivity contribution is -0.142. The lowest BCUT2D eigenvalue weighted by atomic mass is 9.84. The maximum absolute atomic E-state index is 11.8. The van der Waals surface area contributed by atoms with Crippen LogP contribution in [-0.2, 0) is 9.53 Å². The molecular formula is C9H14INO2. The molecule has 1 amide bonds. The van der Waals surface area contributed by atoms with E-state index in [-0.39, 0.29) is 4.11 Å². The molecule has 2 rings (SSSR count). The van der Waals surface area contributed by atoms with Crippen LogP contribution in [0.1, 0.15) is 19.3 Å². The van der Waals surface area contributed by atoms with Crippen molar-refractivity contribution in [2.75, 3.05) is 19.7 Å². The summed E-state index contributed by atoms with van der Waals surface area (Å²) in [7, 11) is 0. The van der Waals surface area contributed by atoms with E-state index in [2.05, 4.69) is 22.6 Å². The molecule has 1 saturated carbocycles. The van der Waals surface area contributed by atoms with E-state index in [0.29, 0.717) is 18.4 Å². The van der Waals surface area contributed by atoms with Gasteiger partial charge in [-0.2, -0.15) is 0 Å². The zero-order valence-corrected chi connectivity index (χ0v) is 9.70. The Kier molecular flexibility index (Phi) is 3.08. The van der Waals surface area contributed by atoms with Gasteiger partial charge in [0, 0.05) is 12.5 Å². The molecule has 0 radical (unpaired) electrons. The van der Waals surface area contributed by atoms with E-state index in [9.17, 15) is 4.79 Å². The van der Waals surface area contributed by atoms with Gasteiger partial charge >= 0.3 is 0 Å². The van der Waals surface area contributed by atoms with Crippen molar-refractivity contribution >= 4 is 28.5 Å². The summed E-state index contributed by atoms with van der Waals surface area (Å²) in [5.74, 6) is 0.693. The zero-order chi connectivity index (χ0) is 9.26. The fourth-order valence-corrected chi connectivity index (χ4v) is 2.45. The molecule has 1 heterocycles. The Labute approximate surface area is 91.9 Å². The summed E-state index contributed by atoms with van der Waals surface area (Å²) in [6.07, 6.45) is 3.43. The van der Waals surface area contributed by atoms with E-state index >= 15 is 0 Å². The molecule has 0 bridgehead atoms. The molecule has 1 atom stereocenters. The Hall–Kier alpha value is 0.160. The molecule has 74 valence electrons. The van der Waals surface area contributed by atoms with Crippen LogP contribution in [0.5, 0.6) is 0 Å². The number of amides is 1. The first-order valence-corrected chi connectivity index (χ1v) is 6.06. The molecule has 2 aliphatic rings. The van der Waals surface area contributed by atoms with Crippen LogP contribution in [0.4, 0.5) is 0 Å². The molecule has 0 N–H and O–H groups in total. The third kappa shape index (κ3) is 2.15. The number of nitrogens with zero attached hydrogens (tertiary/aromatic N) is 1. The normalized spacial score (nSPS) is 29.9. The Morgan fingerprint density at radius 2 is 2.23 bits per heavy atom. The summed E-state index contributed by atoms with van der Waals surface area (Å²) in [5.41, 5.74) is 0. The van der Waals surface area contributed by atoms with Crippen LogP contribution >= 0.6 is 22.6 Å². The monoisotopic (exact) mass is 295 g/mol. The van der Waals surface area contributed by atoms with Crippen molar-refractivity contribution < 1.29 is 9.53 Å². The van der Waals surface area contributed by atoms with E-state index in [1.165, 1.54) is 6.42 Å². The van der Waals surface area contributed by atoms with Crippen molar-refractivity contribution in [3.8, 4) is 0 Å². The van der Waals surface area contributed by atoms with Crippen molar-refractivity contribution in [2.45, 2.75) is 23.4 Å². The number of morpholine rings is 1. The molecule has 0 aromatic heterocycles. The largest absolute Gasteiger partial charge is 0.364 e. The number of halogens is 1. The number of hydrogen-bond acceptors (Lipinski definition) is 2. The lowest BCUT2D eigenvalue weighted by Gasteiger charge is -2.35. The predicted molar refractivity (Wildman–Crippen MR) is 57.7 cm³/mol. The fourth-order valence-electron chi connectivity index (χ4n) is 1.72. The third-order valence-corrected chi connectivity index (χ3v) is 3.54. The Balaban J connectivity index is 1.87. The molecule has 0 aromatic rings. The molecule has 1 unspecified atom stereocenters. The second-order valence-corrected chi connectivity index (χ2v) is 5.08. The average molecular weight is 295 g/mol. The highest BCUT2D eigenvalue weighted by atomic mass is 127. The summed E-state index contributed by atoms with van der Waals surface area (Å²) in [4.78, 5) is 13.8. The summed E-state index contributed by atoms with van der Waals surface area (Å²) < 4.78 is 5.57. The van der Waals surface area contributed by atoms with Gasteiger partial charge in [-0.3, -0.25) is 4.79 Å². The zero-order valence-electron chi connectivity index (χ0n) is 7.54. The van der Waals surface area contributed by atoms with E-state index in [1.54, 1.807) is 0 Å². The van der Waals surface area contributed by atoms with Crippen LogP contribution in [0.25, 0.3) is 0 Å². The number of alkyl halides is 1. The van der Waals surface area contributed by atoms with Crippen LogP contribution in [0.3, 0.4) is 0 Å². The van der Waals surface area contributed by atoms with Gasteiger partial charge < -0.3 is 9.64 Å². The molecule has 1 saturated heterocycles. The average Bonchev–Trinajstić information content (AvgIpc) is 2.01. The maximum Gasteiger partial charge on any atom is 0.225 e. The van der Waals surface area contributed by atoms with Gasteiger partial charge in [0.15, 0.2) is 0 Å². The minimum atomic E-state index is 0.190. The summed E-state index contributed by atoms with van der Waals surface area (Å²) in [6.45, 7) is 2.26. The molecule has 0 aromatic carbocycles. The van der Waals surface area contributed by atoms with Gasteiger partial charge in [-0.25, -0.2) is 0 Å². The first kappa shape index (κ1) is 9.71. The van der Waals surface area contributed by atoms with E-state index in [4.69, 9.17) is 4.74 Å². The Morgan fingerprint density at radius 3 is 2.77 bits per heavy atom. The van der Waals surface area contributed by atoms with Gasteiger partial charge in [0.1, 0.15) is 4.11 Å². The topological polar surface area (TPSA) is 29.5 Å². The van der Waals surface area contributed by atoms with Crippen LogP contribution in [0, 0.1) is 5.92 Å². The van der Waals surface area contributed by atoms with E-state index in [0.717, 1.165) is 25.9 Å². The van der Waals surface area contributed by atoms with Crippen molar-refractivity contribution in [3.63, 3.8) is 0 Å². The molecule has 2 fully saturated rings. The number of rotatable bonds is 1. The quantitative estimate of drug-likeness (QED) is 0.541. The second kappa shape index (κ2) is 4.13. The molecule has 13 heavy (non-hydrogen) atoms. The smallest absolute Gasteiger partial charge is 0.225 e. The predicted octanol–water partition coefficient (Wildman–Crippen LogP) is 1.41. The second-order valence-electron chi connectivity index (χ2n) is 3.69. The molecule has 4 heteroatoms. The minimum Gasteiger partial charge on any atom is -0.364 e. The van der Waals surface area contributed by atoms with Crippen molar-refractivity contribution in [1.82, 2.24) is 4.90 Å². The minimum absolute atomic E-state index is 0.190. The summed E-state index contributed by atoms with van der Waals surface area (Å²) >= 11 is 2.24. The highest BCUT2D eigenvalue weighted by Gasteiger charge is 2.31. The molecule has 1 aliphatic carbocycles. The molecule has 3 nitrogen and oxygen atoms in total. The standard InChI is InChI=1S/C9H14INO2/c10-8-6-11(4-5-13-8)9(12)7-2-1-3-7/h7-8H,1-6H2. The number of carbonyl (C=O) groups is 1. The van der Waals surface area contributed by atoms with Gasteiger partial charge in [-0.05, 0) is 35.4 Å². The third-order valence-electron chi connectivity index (χ3n) is 2.79. The Bertz CT molecular complexity index is 206. The summed E-state index contributed by atoms with van der Waals surface area (Å²) in [5, 5.41) is 0. The van der Waals surface area contributed by atoms with E-state index < -0.39 is 0 Å². The van der Waals surface area contributed by atoms with Crippen molar-refractivity contribution in [3.05, 3.63) is 0 Å². The highest BCUT2D eigenvalue weighted by Crippen LogP contribution is 2.29. The van der Waals surface area contributed by atoms with Gasteiger partial charge in [0.2, 0.25) is 5.91 Å². The van der Waals surface area contributed by atoms with Gasteiger partial charge in [-0.1, -0.05) is 6.42 Å². The number of carbonyl (C=O) groups excluding carboxylic acids is 1. The fraction of sp³-hybridized carbons (Fsp3) is 0.889. The van der Waals surface area contributed by atoms with Crippen LogP contribution in [-0.4, -0.2) is 34.6 Å². The highest BCUT2D eigenvalue weighted by molar-refractivity contribution is 14.1. The van der Waals surface area contributed by atoms with Crippen molar-refractivity contribution in [2.24, 2.45) is 5.92 Å².